The number of hydrogen-bond donors (Lipinski definition) is 1. The smallest absolute Gasteiger partial charge is 0.122 e. The maximum Gasteiger partial charge on any atom is 0.122 e. The van der Waals surface area contributed by atoms with E-state index in [2.05, 4.69) is 49.7 Å². The molecule has 0 saturated carbocycles. The molecule has 0 fully saturated rings. The van der Waals surface area contributed by atoms with Gasteiger partial charge in [0, 0.05) is 10.9 Å². The van der Waals surface area contributed by atoms with Gasteiger partial charge in [-0.25, -0.2) is 4.98 Å². The second kappa shape index (κ2) is 7.75. The van der Waals surface area contributed by atoms with E-state index in [1.165, 1.54) is 11.1 Å². The van der Waals surface area contributed by atoms with Crippen molar-refractivity contribution in [2.24, 2.45) is 0 Å². The first-order valence-electron chi connectivity index (χ1n) is 8.00. The Morgan fingerprint density at radius 3 is 2.68 bits per heavy atom. The van der Waals surface area contributed by atoms with Gasteiger partial charge in [0.1, 0.15) is 10.8 Å². The van der Waals surface area contributed by atoms with Crippen molar-refractivity contribution < 1.29 is 4.74 Å². The number of nitrogens with one attached hydrogen (secondary N) is 1. The Balaban J connectivity index is 2.37. The molecule has 4 heteroatoms. The highest BCUT2D eigenvalue weighted by atomic mass is 32.1. The van der Waals surface area contributed by atoms with Gasteiger partial charge in [0.2, 0.25) is 0 Å². The molecule has 0 bridgehead atoms. The van der Waals surface area contributed by atoms with Crippen molar-refractivity contribution >= 4 is 11.3 Å². The maximum atomic E-state index is 5.78. The first-order chi connectivity index (χ1) is 10.6. The fraction of sp³-hybridized carbons (Fsp3) is 0.500. The van der Waals surface area contributed by atoms with Gasteiger partial charge in [0.05, 0.1) is 18.3 Å². The molecule has 1 aromatic carbocycles. The van der Waals surface area contributed by atoms with Crippen LogP contribution < -0.4 is 10.1 Å². The van der Waals surface area contributed by atoms with Gasteiger partial charge in [-0.1, -0.05) is 13.8 Å². The summed E-state index contributed by atoms with van der Waals surface area (Å²) in [6.07, 6.45) is 1.10. The molecule has 3 nitrogen and oxygen atoms in total. The van der Waals surface area contributed by atoms with Crippen LogP contribution >= 0.6 is 11.3 Å². The van der Waals surface area contributed by atoms with E-state index >= 15 is 0 Å². The summed E-state index contributed by atoms with van der Waals surface area (Å²) < 4.78 is 5.78. The lowest BCUT2D eigenvalue weighted by atomic mass is 9.95. The molecule has 1 aromatic heterocycles. The Bertz CT molecular complexity index is 609. The number of ether oxygens (including phenoxy) is 1. The van der Waals surface area contributed by atoms with Gasteiger partial charge in [-0.05, 0) is 57.0 Å². The van der Waals surface area contributed by atoms with Crippen molar-refractivity contribution in [1.29, 1.82) is 0 Å². The lowest BCUT2D eigenvalue weighted by Crippen LogP contribution is -2.11. The molecule has 0 saturated heterocycles. The second-order valence-corrected chi connectivity index (χ2v) is 6.47. The van der Waals surface area contributed by atoms with Crippen LogP contribution in [0.5, 0.6) is 5.75 Å². The third-order valence-corrected chi connectivity index (χ3v) is 5.10. The van der Waals surface area contributed by atoms with E-state index in [0.717, 1.165) is 22.9 Å². The van der Waals surface area contributed by atoms with E-state index in [-0.39, 0.29) is 6.04 Å². The topological polar surface area (TPSA) is 34.1 Å². The minimum Gasteiger partial charge on any atom is -0.494 e. The molecular formula is C18H26N2OS. The van der Waals surface area contributed by atoms with E-state index in [1.54, 1.807) is 11.3 Å². The first kappa shape index (κ1) is 17.0. The monoisotopic (exact) mass is 318 g/mol. The average molecular weight is 318 g/mol. The average Bonchev–Trinajstić information content (AvgIpc) is 3.04. The van der Waals surface area contributed by atoms with Crippen LogP contribution in [0.1, 0.15) is 56.6 Å². The Hall–Kier alpha value is -1.39. The van der Waals surface area contributed by atoms with Crippen LogP contribution in [-0.2, 0) is 0 Å². The number of thiazole rings is 1. The Kier molecular flexibility index (Phi) is 5.98. The minimum atomic E-state index is 0.287. The van der Waals surface area contributed by atoms with E-state index in [4.69, 9.17) is 9.72 Å². The summed E-state index contributed by atoms with van der Waals surface area (Å²) >= 11 is 1.71. The second-order valence-electron chi connectivity index (χ2n) is 5.58. The zero-order valence-corrected chi connectivity index (χ0v) is 15.0. The Labute approximate surface area is 137 Å². The fourth-order valence-electron chi connectivity index (χ4n) is 2.34. The van der Waals surface area contributed by atoms with Gasteiger partial charge in [-0.2, -0.15) is 0 Å². The van der Waals surface area contributed by atoms with Crippen molar-refractivity contribution in [2.75, 3.05) is 13.7 Å². The summed E-state index contributed by atoms with van der Waals surface area (Å²) in [6.45, 7) is 9.31. The summed E-state index contributed by atoms with van der Waals surface area (Å²) in [6, 6.07) is 6.72. The van der Waals surface area contributed by atoms with Gasteiger partial charge in [-0.3, -0.25) is 0 Å². The minimum absolute atomic E-state index is 0.287. The fourth-order valence-corrected chi connectivity index (χ4v) is 3.24. The first-order valence-corrected chi connectivity index (χ1v) is 8.88. The van der Waals surface area contributed by atoms with Gasteiger partial charge >= 0.3 is 0 Å². The SMILES string of the molecule is CCOc1ccc(-c2csc(C(C)NC)n2)cc1C(C)CC. The highest BCUT2D eigenvalue weighted by Crippen LogP contribution is 2.34. The number of benzene rings is 1. The molecule has 1 heterocycles. The molecule has 0 aliphatic rings. The van der Waals surface area contributed by atoms with Crippen molar-refractivity contribution in [3.05, 3.63) is 34.2 Å². The van der Waals surface area contributed by atoms with Crippen molar-refractivity contribution in [3.8, 4) is 17.0 Å². The maximum absolute atomic E-state index is 5.78. The predicted molar refractivity (Wildman–Crippen MR) is 94.9 cm³/mol. The quantitative estimate of drug-likeness (QED) is 0.780. The summed E-state index contributed by atoms with van der Waals surface area (Å²) in [5.41, 5.74) is 3.50. The molecule has 0 spiro atoms. The molecule has 2 unspecified atom stereocenters. The van der Waals surface area contributed by atoms with Gasteiger partial charge in [-0.15, -0.1) is 11.3 Å². The summed E-state index contributed by atoms with van der Waals surface area (Å²) in [5.74, 6) is 1.48. The summed E-state index contributed by atoms with van der Waals surface area (Å²) in [7, 11) is 1.96. The molecule has 120 valence electrons. The molecule has 2 atom stereocenters. The van der Waals surface area contributed by atoms with Crippen LogP contribution in [0.4, 0.5) is 0 Å². The number of hydrogen-bond acceptors (Lipinski definition) is 4. The van der Waals surface area contributed by atoms with Gasteiger partial charge < -0.3 is 10.1 Å². The Morgan fingerprint density at radius 2 is 2.05 bits per heavy atom. The third kappa shape index (κ3) is 3.68. The van der Waals surface area contributed by atoms with Crippen LogP contribution in [0, 0.1) is 0 Å². The van der Waals surface area contributed by atoms with Crippen molar-refractivity contribution in [2.45, 2.75) is 46.1 Å². The molecule has 0 aliphatic carbocycles. The number of aromatic nitrogens is 1. The zero-order chi connectivity index (χ0) is 16.1. The highest BCUT2D eigenvalue weighted by Gasteiger charge is 2.14. The van der Waals surface area contributed by atoms with E-state index in [1.807, 2.05) is 14.0 Å². The lowest BCUT2D eigenvalue weighted by Gasteiger charge is -2.16. The lowest BCUT2D eigenvalue weighted by molar-refractivity contribution is 0.334. The van der Waals surface area contributed by atoms with Gasteiger partial charge in [0.25, 0.3) is 0 Å². The number of nitrogens with zero attached hydrogens (tertiary/aromatic N) is 1. The molecule has 0 radical (unpaired) electrons. The normalized spacial score (nSPS) is 13.9. The van der Waals surface area contributed by atoms with Crippen molar-refractivity contribution in [1.82, 2.24) is 10.3 Å². The molecule has 0 aliphatic heterocycles. The van der Waals surface area contributed by atoms with Crippen LogP contribution in [0.25, 0.3) is 11.3 Å². The highest BCUT2D eigenvalue weighted by molar-refractivity contribution is 7.10. The summed E-state index contributed by atoms with van der Waals surface area (Å²) in [4.78, 5) is 4.77. The standard InChI is InChI=1S/C18H26N2OS/c1-6-12(3)15-10-14(8-9-17(15)21-7-2)16-11-22-18(20-16)13(4)19-5/h8-13,19H,6-7H2,1-5H3. The summed E-state index contributed by atoms with van der Waals surface area (Å²) in [5, 5.41) is 6.50. The van der Waals surface area contributed by atoms with E-state index < -0.39 is 0 Å². The molecule has 1 N–H and O–H groups in total. The molecular weight excluding hydrogens is 292 g/mol. The molecule has 2 aromatic rings. The molecule has 22 heavy (non-hydrogen) atoms. The van der Waals surface area contributed by atoms with Crippen LogP contribution in [0.2, 0.25) is 0 Å². The van der Waals surface area contributed by atoms with E-state index in [0.29, 0.717) is 12.5 Å². The van der Waals surface area contributed by atoms with Crippen LogP contribution in [0.15, 0.2) is 23.6 Å². The third-order valence-electron chi connectivity index (χ3n) is 4.07. The van der Waals surface area contributed by atoms with E-state index in [9.17, 15) is 0 Å². The Morgan fingerprint density at radius 1 is 1.27 bits per heavy atom. The van der Waals surface area contributed by atoms with Crippen molar-refractivity contribution in [3.63, 3.8) is 0 Å². The zero-order valence-electron chi connectivity index (χ0n) is 14.1. The van der Waals surface area contributed by atoms with Crippen LogP contribution in [0.3, 0.4) is 0 Å². The van der Waals surface area contributed by atoms with Gasteiger partial charge in [0.15, 0.2) is 0 Å². The van der Waals surface area contributed by atoms with Crippen LogP contribution in [-0.4, -0.2) is 18.6 Å². The molecule has 2 rings (SSSR count). The largest absolute Gasteiger partial charge is 0.494 e. The molecule has 0 amide bonds. The number of rotatable bonds is 7. The predicted octanol–water partition coefficient (Wildman–Crippen LogP) is 5.00.